The molecule has 0 bridgehead atoms. The number of hydrogen-bond donors (Lipinski definition) is 2. The molecule has 1 amide bonds. The van der Waals surface area contributed by atoms with E-state index in [1.54, 1.807) is 55.4 Å². The van der Waals surface area contributed by atoms with Gasteiger partial charge < -0.3 is 20.1 Å². The summed E-state index contributed by atoms with van der Waals surface area (Å²) in [4.78, 5) is 30.3. The fourth-order valence-corrected chi connectivity index (χ4v) is 6.50. The number of aromatic amines is 1. The Morgan fingerprint density at radius 2 is 1.82 bits per heavy atom. The number of carbonyl (C=O) groups excluding carboxylic acids is 1. The van der Waals surface area contributed by atoms with Crippen LogP contribution in [0.4, 0.5) is 11.4 Å². The fourth-order valence-electron chi connectivity index (χ4n) is 5.44. The van der Waals surface area contributed by atoms with Gasteiger partial charge in [-0.25, -0.2) is 18.4 Å². The van der Waals surface area contributed by atoms with E-state index in [0.29, 0.717) is 40.7 Å². The number of amides is 1. The zero-order valence-corrected chi connectivity index (χ0v) is 23.1. The maximum absolute atomic E-state index is 13.4. The van der Waals surface area contributed by atoms with Crippen molar-refractivity contribution in [2.45, 2.75) is 49.4 Å². The van der Waals surface area contributed by atoms with Gasteiger partial charge in [-0.2, -0.15) is 0 Å². The molecule has 202 valence electrons. The number of nitrogens with zero attached hydrogens (tertiary/aromatic N) is 4. The van der Waals surface area contributed by atoms with E-state index in [4.69, 9.17) is 4.98 Å². The number of nitrogens with one attached hydrogen (secondary N) is 2. The van der Waals surface area contributed by atoms with Gasteiger partial charge in [0.15, 0.2) is 15.5 Å². The van der Waals surface area contributed by atoms with Crippen LogP contribution in [0.15, 0.2) is 59.8 Å². The lowest BCUT2D eigenvalue weighted by Gasteiger charge is -2.33. The molecular formula is C29H32N6O3S. The molecular weight excluding hydrogens is 512 g/mol. The van der Waals surface area contributed by atoms with Crippen molar-refractivity contribution < 1.29 is 13.2 Å². The molecule has 0 aliphatic carbocycles. The lowest BCUT2D eigenvalue weighted by atomic mass is 10.0. The molecule has 0 atom stereocenters. The van der Waals surface area contributed by atoms with Crippen molar-refractivity contribution >= 4 is 38.3 Å². The molecule has 0 unspecified atom stereocenters. The Labute approximate surface area is 228 Å². The molecule has 2 aliphatic heterocycles. The first-order chi connectivity index (χ1) is 18.7. The van der Waals surface area contributed by atoms with Gasteiger partial charge in [0, 0.05) is 36.1 Å². The first-order valence-corrected chi connectivity index (χ1v) is 14.9. The number of aromatic nitrogens is 3. The Balaban J connectivity index is 1.29. The van der Waals surface area contributed by atoms with Gasteiger partial charge in [-0.1, -0.05) is 12.1 Å². The maximum Gasteiger partial charge on any atom is 0.259 e. The van der Waals surface area contributed by atoms with Gasteiger partial charge >= 0.3 is 0 Å². The lowest BCUT2D eigenvalue weighted by Crippen LogP contribution is -2.41. The molecule has 0 saturated carbocycles. The summed E-state index contributed by atoms with van der Waals surface area (Å²) in [7, 11) is -1.23. The summed E-state index contributed by atoms with van der Waals surface area (Å²) in [6.07, 6.45) is 5.63. The highest BCUT2D eigenvalue weighted by molar-refractivity contribution is 7.92. The van der Waals surface area contributed by atoms with E-state index in [2.05, 4.69) is 33.3 Å². The van der Waals surface area contributed by atoms with E-state index in [1.807, 2.05) is 12.1 Å². The summed E-state index contributed by atoms with van der Waals surface area (Å²) < 4.78 is 25.0. The monoisotopic (exact) mass is 544 g/mol. The molecule has 10 heteroatoms. The smallest absolute Gasteiger partial charge is 0.259 e. The predicted molar refractivity (Wildman–Crippen MR) is 153 cm³/mol. The molecule has 6 rings (SSSR count). The Hall–Kier alpha value is -3.76. The number of sulfone groups is 1. The SMILES string of the molecule is CC(C)S(=O)(=O)c1ccc(-c2cnc3[nH]cc(N4Cc5cc(N(C)C6CCNCC6)ccc5C4=O)c3n2)cc1. The number of H-pyrrole nitrogens is 1. The topological polar surface area (TPSA) is 111 Å². The van der Waals surface area contributed by atoms with E-state index in [-0.39, 0.29) is 10.8 Å². The second-order valence-electron chi connectivity index (χ2n) is 10.6. The quantitative estimate of drug-likeness (QED) is 0.375. The Morgan fingerprint density at radius 3 is 2.54 bits per heavy atom. The molecule has 9 nitrogen and oxygen atoms in total. The summed E-state index contributed by atoms with van der Waals surface area (Å²) in [5.74, 6) is -0.0579. The van der Waals surface area contributed by atoms with Crippen molar-refractivity contribution in [3.05, 3.63) is 66.0 Å². The minimum absolute atomic E-state index is 0.0579. The third-order valence-corrected chi connectivity index (χ3v) is 10.1. The average molecular weight is 545 g/mol. The number of rotatable bonds is 6. The second kappa shape index (κ2) is 9.77. The molecule has 0 spiro atoms. The van der Waals surface area contributed by atoms with Crippen molar-refractivity contribution in [2.75, 3.05) is 29.9 Å². The predicted octanol–water partition coefficient (Wildman–Crippen LogP) is 4.16. The minimum atomic E-state index is -3.36. The van der Waals surface area contributed by atoms with Crippen LogP contribution in [0.3, 0.4) is 0 Å². The molecule has 4 aromatic rings. The Kier molecular flexibility index (Phi) is 6.39. The molecule has 39 heavy (non-hydrogen) atoms. The molecule has 4 heterocycles. The number of anilines is 2. The number of hydrogen-bond acceptors (Lipinski definition) is 7. The van der Waals surface area contributed by atoms with Crippen LogP contribution >= 0.6 is 0 Å². The first-order valence-electron chi connectivity index (χ1n) is 13.3. The van der Waals surface area contributed by atoms with Crippen molar-refractivity contribution in [3.63, 3.8) is 0 Å². The Morgan fingerprint density at radius 1 is 1.08 bits per heavy atom. The van der Waals surface area contributed by atoms with Gasteiger partial charge in [0.2, 0.25) is 0 Å². The van der Waals surface area contributed by atoms with Crippen LogP contribution < -0.4 is 15.1 Å². The standard InChI is InChI=1S/C29H32N6O3S/c1-18(2)39(37,38)23-7-4-19(5-8-23)25-15-31-28-27(33-25)26(16-32-28)35-17-20-14-22(6-9-24(20)29(35)36)34(3)21-10-12-30-13-11-21/h4-9,14-16,18,21,30H,10-13,17H2,1-3H3,(H,31,32). The average Bonchev–Trinajstić information content (AvgIpc) is 3.52. The third kappa shape index (κ3) is 4.47. The molecule has 1 saturated heterocycles. The van der Waals surface area contributed by atoms with E-state index in [0.717, 1.165) is 42.7 Å². The van der Waals surface area contributed by atoms with E-state index in [9.17, 15) is 13.2 Å². The van der Waals surface area contributed by atoms with Crippen molar-refractivity contribution in [1.29, 1.82) is 0 Å². The van der Waals surface area contributed by atoms with Crippen LogP contribution in [0.5, 0.6) is 0 Å². The highest BCUT2D eigenvalue weighted by Gasteiger charge is 2.32. The van der Waals surface area contributed by atoms with Crippen LogP contribution in [0.1, 0.15) is 42.6 Å². The maximum atomic E-state index is 13.4. The highest BCUT2D eigenvalue weighted by atomic mass is 32.2. The zero-order valence-electron chi connectivity index (χ0n) is 22.3. The number of benzene rings is 2. The van der Waals surface area contributed by atoms with Gasteiger partial charge in [0.25, 0.3) is 5.91 Å². The van der Waals surface area contributed by atoms with Crippen molar-refractivity contribution in [2.24, 2.45) is 0 Å². The lowest BCUT2D eigenvalue weighted by molar-refractivity contribution is 0.0997. The summed E-state index contributed by atoms with van der Waals surface area (Å²) in [6.45, 7) is 5.85. The largest absolute Gasteiger partial charge is 0.372 e. The summed E-state index contributed by atoms with van der Waals surface area (Å²) in [5, 5.41) is 2.92. The van der Waals surface area contributed by atoms with Crippen molar-refractivity contribution in [3.8, 4) is 11.3 Å². The minimum Gasteiger partial charge on any atom is -0.372 e. The van der Waals surface area contributed by atoms with E-state index in [1.165, 1.54) is 0 Å². The van der Waals surface area contributed by atoms with Gasteiger partial charge in [-0.3, -0.25) is 4.79 Å². The van der Waals surface area contributed by atoms with Gasteiger partial charge in [-0.05, 0) is 75.7 Å². The molecule has 2 aliphatic rings. The van der Waals surface area contributed by atoms with E-state index < -0.39 is 15.1 Å². The first kappa shape index (κ1) is 25.5. The molecule has 2 N–H and O–H groups in total. The van der Waals surface area contributed by atoms with Crippen LogP contribution in [0.2, 0.25) is 0 Å². The van der Waals surface area contributed by atoms with Gasteiger partial charge in [0.05, 0.1) is 34.3 Å². The van der Waals surface area contributed by atoms with Crippen LogP contribution in [-0.2, 0) is 16.4 Å². The number of piperidine rings is 1. The van der Waals surface area contributed by atoms with E-state index >= 15 is 0 Å². The molecule has 0 radical (unpaired) electrons. The molecule has 2 aromatic heterocycles. The highest BCUT2D eigenvalue weighted by Crippen LogP contribution is 2.35. The van der Waals surface area contributed by atoms with Gasteiger partial charge in [0.1, 0.15) is 5.52 Å². The normalized spacial score (nSPS) is 16.3. The van der Waals surface area contributed by atoms with Gasteiger partial charge in [-0.15, -0.1) is 0 Å². The van der Waals surface area contributed by atoms with Crippen molar-refractivity contribution in [1.82, 2.24) is 20.3 Å². The number of carbonyl (C=O) groups is 1. The number of fused-ring (bicyclic) bond motifs is 2. The Bertz CT molecular complexity index is 1660. The van der Waals surface area contributed by atoms with Crippen LogP contribution in [0, 0.1) is 0 Å². The third-order valence-electron chi connectivity index (χ3n) is 7.91. The molecule has 1 fully saturated rings. The molecule has 2 aromatic carbocycles. The van der Waals surface area contributed by atoms with Crippen LogP contribution in [0.25, 0.3) is 22.4 Å². The summed E-state index contributed by atoms with van der Waals surface area (Å²) in [6, 6.07) is 13.3. The fraction of sp³-hybridized carbons (Fsp3) is 0.345. The zero-order chi connectivity index (χ0) is 27.3. The summed E-state index contributed by atoms with van der Waals surface area (Å²) in [5.41, 5.74) is 6.04. The summed E-state index contributed by atoms with van der Waals surface area (Å²) >= 11 is 0. The van der Waals surface area contributed by atoms with Crippen LogP contribution in [-0.4, -0.2) is 60.7 Å². The second-order valence-corrected chi connectivity index (χ2v) is 13.1.